The van der Waals surface area contributed by atoms with E-state index in [1.807, 2.05) is 0 Å². The van der Waals surface area contributed by atoms with Crippen LogP contribution in [-0.4, -0.2) is 12.6 Å². The molecule has 0 aliphatic heterocycles. The molecule has 2 aliphatic carbocycles. The molecule has 1 heteroatoms. The quantitative estimate of drug-likeness (QED) is 0.812. The first kappa shape index (κ1) is 13.2. The Morgan fingerprint density at radius 1 is 1.11 bits per heavy atom. The van der Waals surface area contributed by atoms with E-state index in [1.165, 1.54) is 55.3 Å². The Morgan fingerprint density at radius 2 is 1.84 bits per heavy atom. The first-order valence-electron chi connectivity index (χ1n) is 7.86. The van der Waals surface area contributed by atoms with Crippen molar-refractivity contribution < 1.29 is 0 Å². The van der Waals surface area contributed by atoms with Gasteiger partial charge >= 0.3 is 0 Å². The average molecular weight is 257 g/mol. The number of benzene rings is 1. The minimum Gasteiger partial charge on any atom is -0.313 e. The fourth-order valence-electron chi connectivity index (χ4n) is 3.18. The standard InChI is InChI=1S/C18H27N/c1-13-4-5-15(10-14(13)2)11-18(3,16-6-7-16)12-19-17-8-9-17/h4-5,10,16-17,19H,6-9,11-12H2,1-3H3. The van der Waals surface area contributed by atoms with Crippen LogP contribution in [0.2, 0.25) is 0 Å². The second-order valence-corrected chi connectivity index (χ2v) is 7.18. The lowest BCUT2D eigenvalue weighted by Crippen LogP contribution is -2.36. The second-order valence-electron chi connectivity index (χ2n) is 7.18. The van der Waals surface area contributed by atoms with E-state index in [2.05, 4.69) is 44.3 Å². The van der Waals surface area contributed by atoms with Crippen LogP contribution in [0.4, 0.5) is 0 Å². The van der Waals surface area contributed by atoms with Gasteiger partial charge < -0.3 is 5.32 Å². The van der Waals surface area contributed by atoms with Gasteiger partial charge in [-0.2, -0.15) is 0 Å². The molecule has 0 saturated heterocycles. The summed E-state index contributed by atoms with van der Waals surface area (Å²) in [7, 11) is 0. The van der Waals surface area contributed by atoms with Crippen LogP contribution in [0.1, 0.15) is 49.3 Å². The van der Waals surface area contributed by atoms with E-state index in [0.717, 1.165) is 12.0 Å². The third-order valence-corrected chi connectivity index (χ3v) is 5.11. The maximum atomic E-state index is 3.76. The molecule has 0 bridgehead atoms. The number of rotatable bonds is 6. The number of nitrogens with one attached hydrogen (secondary N) is 1. The van der Waals surface area contributed by atoms with Gasteiger partial charge in [-0.1, -0.05) is 25.1 Å². The van der Waals surface area contributed by atoms with Crippen LogP contribution in [0.15, 0.2) is 18.2 Å². The molecule has 104 valence electrons. The zero-order chi connectivity index (χ0) is 13.5. The van der Waals surface area contributed by atoms with Crippen molar-refractivity contribution in [2.45, 2.75) is 58.9 Å². The highest BCUT2D eigenvalue weighted by atomic mass is 15.0. The van der Waals surface area contributed by atoms with E-state index in [-0.39, 0.29) is 0 Å². The summed E-state index contributed by atoms with van der Waals surface area (Å²) >= 11 is 0. The molecule has 1 unspecified atom stereocenters. The van der Waals surface area contributed by atoms with Crippen LogP contribution < -0.4 is 5.32 Å². The van der Waals surface area contributed by atoms with Crippen LogP contribution in [0.3, 0.4) is 0 Å². The molecule has 19 heavy (non-hydrogen) atoms. The van der Waals surface area contributed by atoms with Crippen LogP contribution in [0.5, 0.6) is 0 Å². The molecule has 1 N–H and O–H groups in total. The summed E-state index contributed by atoms with van der Waals surface area (Å²) < 4.78 is 0. The van der Waals surface area contributed by atoms with Gasteiger partial charge in [-0.15, -0.1) is 0 Å². The Labute approximate surface area is 117 Å². The monoisotopic (exact) mass is 257 g/mol. The predicted molar refractivity (Wildman–Crippen MR) is 81.5 cm³/mol. The fraction of sp³-hybridized carbons (Fsp3) is 0.667. The van der Waals surface area contributed by atoms with Crippen LogP contribution in [-0.2, 0) is 6.42 Å². The molecule has 0 heterocycles. The minimum absolute atomic E-state index is 0.463. The predicted octanol–water partition coefficient (Wildman–Crippen LogP) is 4.01. The lowest BCUT2D eigenvalue weighted by Gasteiger charge is -2.31. The molecule has 0 radical (unpaired) electrons. The van der Waals surface area contributed by atoms with Crippen molar-refractivity contribution in [3.63, 3.8) is 0 Å². The van der Waals surface area contributed by atoms with Crippen molar-refractivity contribution in [2.75, 3.05) is 6.54 Å². The van der Waals surface area contributed by atoms with E-state index in [1.54, 1.807) is 0 Å². The Morgan fingerprint density at radius 3 is 2.42 bits per heavy atom. The molecular formula is C18H27N. The molecule has 2 aliphatic rings. The highest BCUT2D eigenvalue weighted by Gasteiger charge is 2.42. The van der Waals surface area contributed by atoms with Gasteiger partial charge in [0.2, 0.25) is 0 Å². The van der Waals surface area contributed by atoms with Gasteiger partial charge in [0, 0.05) is 12.6 Å². The molecule has 0 amide bonds. The Bertz CT molecular complexity index is 457. The van der Waals surface area contributed by atoms with E-state index in [4.69, 9.17) is 0 Å². The maximum absolute atomic E-state index is 3.76. The van der Waals surface area contributed by atoms with Crippen molar-refractivity contribution in [3.8, 4) is 0 Å². The summed E-state index contributed by atoms with van der Waals surface area (Å²) in [6.45, 7) is 8.13. The third-order valence-electron chi connectivity index (χ3n) is 5.11. The average Bonchev–Trinajstić information content (AvgIpc) is 3.25. The van der Waals surface area contributed by atoms with Crippen LogP contribution >= 0.6 is 0 Å². The highest BCUT2D eigenvalue weighted by Crippen LogP contribution is 2.47. The zero-order valence-corrected chi connectivity index (χ0v) is 12.6. The van der Waals surface area contributed by atoms with Gasteiger partial charge in [0.25, 0.3) is 0 Å². The van der Waals surface area contributed by atoms with Crippen molar-refractivity contribution in [1.82, 2.24) is 5.32 Å². The van der Waals surface area contributed by atoms with Gasteiger partial charge in [-0.3, -0.25) is 0 Å². The van der Waals surface area contributed by atoms with Crippen molar-refractivity contribution in [3.05, 3.63) is 34.9 Å². The largest absolute Gasteiger partial charge is 0.313 e. The van der Waals surface area contributed by atoms with Crippen molar-refractivity contribution in [1.29, 1.82) is 0 Å². The van der Waals surface area contributed by atoms with Crippen molar-refractivity contribution >= 4 is 0 Å². The smallest absolute Gasteiger partial charge is 0.00684 e. The first-order valence-corrected chi connectivity index (χ1v) is 7.86. The molecule has 2 saturated carbocycles. The zero-order valence-electron chi connectivity index (χ0n) is 12.6. The number of aryl methyl sites for hydroxylation is 2. The topological polar surface area (TPSA) is 12.0 Å². The van der Waals surface area contributed by atoms with Gasteiger partial charge in [-0.05, 0) is 74.0 Å². The molecule has 1 atom stereocenters. The Hall–Kier alpha value is -0.820. The molecule has 1 aromatic carbocycles. The molecule has 3 rings (SSSR count). The van der Waals surface area contributed by atoms with Crippen LogP contribution in [0, 0.1) is 25.2 Å². The Balaban J connectivity index is 1.70. The van der Waals surface area contributed by atoms with Gasteiger partial charge in [0.05, 0.1) is 0 Å². The normalized spacial score (nSPS) is 22.3. The highest BCUT2D eigenvalue weighted by molar-refractivity contribution is 5.30. The van der Waals surface area contributed by atoms with Gasteiger partial charge in [0.15, 0.2) is 0 Å². The SMILES string of the molecule is Cc1ccc(CC(C)(CNC2CC2)C2CC2)cc1C. The van der Waals surface area contributed by atoms with E-state index in [9.17, 15) is 0 Å². The van der Waals surface area contributed by atoms with Crippen LogP contribution in [0.25, 0.3) is 0 Å². The molecule has 0 spiro atoms. The molecule has 2 fully saturated rings. The minimum atomic E-state index is 0.463. The summed E-state index contributed by atoms with van der Waals surface area (Å²) in [5.41, 5.74) is 4.83. The molecule has 0 aromatic heterocycles. The molecule has 1 aromatic rings. The lowest BCUT2D eigenvalue weighted by atomic mass is 9.78. The number of hydrogen-bond donors (Lipinski definition) is 1. The molecule has 1 nitrogen and oxygen atoms in total. The summed E-state index contributed by atoms with van der Waals surface area (Å²) in [4.78, 5) is 0. The summed E-state index contributed by atoms with van der Waals surface area (Å²) in [6, 6.07) is 7.84. The van der Waals surface area contributed by atoms with Crippen molar-refractivity contribution in [2.24, 2.45) is 11.3 Å². The lowest BCUT2D eigenvalue weighted by molar-refractivity contribution is 0.255. The third kappa shape index (κ3) is 3.20. The summed E-state index contributed by atoms with van der Waals surface area (Å²) in [6.07, 6.45) is 6.90. The van der Waals surface area contributed by atoms with E-state index >= 15 is 0 Å². The summed E-state index contributed by atoms with van der Waals surface area (Å²) in [5, 5.41) is 3.76. The molecular weight excluding hydrogens is 230 g/mol. The van der Waals surface area contributed by atoms with E-state index in [0.29, 0.717) is 5.41 Å². The van der Waals surface area contributed by atoms with Gasteiger partial charge in [0.1, 0.15) is 0 Å². The number of hydrogen-bond acceptors (Lipinski definition) is 1. The fourth-order valence-corrected chi connectivity index (χ4v) is 3.18. The maximum Gasteiger partial charge on any atom is 0.00684 e. The summed E-state index contributed by atoms with van der Waals surface area (Å²) in [5.74, 6) is 0.945. The Kier molecular flexibility index (Phi) is 3.42. The first-order chi connectivity index (χ1) is 9.07. The second kappa shape index (κ2) is 4.94. The van der Waals surface area contributed by atoms with Gasteiger partial charge in [-0.25, -0.2) is 0 Å². The van der Waals surface area contributed by atoms with E-state index < -0.39 is 0 Å².